The van der Waals surface area contributed by atoms with Crippen LogP contribution in [0.15, 0.2) is 27.7 Å². The third-order valence-electron chi connectivity index (χ3n) is 3.93. The third-order valence-corrected chi connectivity index (χ3v) is 6.31. The molecular formula is C15H13BrF3N5O2S. The molecular weight excluding hydrogens is 451 g/mol. The molecule has 0 aliphatic heterocycles. The molecule has 3 aromatic heterocycles. The fraction of sp³-hybridized carbons (Fsp3) is 0.267. The number of sulfone groups is 1. The number of fused-ring (bicyclic) bond motifs is 1. The minimum absolute atomic E-state index is 0.0241. The van der Waals surface area contributed by atoms with E-state index in [9.17, 15) is 21.6 Å². The van der Waals surface area contributed by atoms with Crippen LogP contribution in [0.4, 0.5) is 19.0 Å². The summed E-state index contributed by atoms with van der Waals surface area (Å²) in [6.45, 7) is 1.47. The van der Waals surface area contributed by atoms with Gasteiger partial charge in [0.1, 0.15) is 17.0 Å². The molecule has 0 atom stereocenters. The maximum absolute atomic E-state index is 12.9. The van der Waals surface area contributed by atoms with Crippen LogP contribution in [0.3, 0.4) is 0 Å². The van der Waals surface area contributed by atoms with Crippen molar-refractivity contribution in [1.82, 2.24) is 19.5 Å². The molecule has 27 heavy (non-hydrogen) atoms. The molecule has 144 valence electrons. The molecule has 0 unspecified atom stereocenters. The van der Waals surface area contributed by atoms with Crippen molar-refractivity contribution in [2.45, 2.75) is 18.0 Å². The normalized spacial score (nSPS) is 12.7. The number of nitrogen functional groups attached to an aromatic ring is 1. The van der Waals surface area contributed by atoms with Crippen molar-refractivity contribution in [3.8, 4) is 11.5 Å². The lowest BCUT2D eigenvalue weighted by Crippen LogP contribution is -2.10. The van der Waals surface area contributed by atoms with Crippen molar-refractivity contribution in [1.29, 1.82) is 0 Å². The van der Waals surface area contributed by atoms with Crippen LogP contribution in [0.2, 0.25) is 0 Å². The average molecular weight is 464 g/mol. The number of alkyl halides is 3. The van der Waals surface area contributed by atoms with Gasteiger partial charge in [0.2, 0.25) is 0 Å². The minimum Gasteiger partial charge on any atom is -0.383 e. The average Bonchev–Trinajstić information content (AvgIpc) is 2.92. The van der Waals surface area contributed by atoms with Crippen molar-refractivity contribution in [3.05, 3.63) is 28.4 Å². The van der Waals surface area contributed by atoms with Gasteiger partial charge in [-0.1, -0.05) is 6.92 Å². The maximum Gasteiger partial charge on any atom is 0.417 e. The number of nitrogens with two attached hydrogens (primary N) is 1. The Morgan fingerprint density at radius 1 is 1.26 bits per heavy atom. The van der Waals surface area contributed by atoms with E-state index in [2.05, 4.69) is 30.9 Å². The van der Waals surface area contributed by atoms with Crippen LogP contribution in [0.5, 0.6) is 0 Å². The summed E-state index contributed by atoms with van der Waals surface area (Å²) in [6.07, 6.45) is -3.88. The van der Waals surface area contributed by atoms with Crippen molar-refractivity contribution in [2.24, 2.45) is 7.05 Å². The molecule has 12 heteroatoms. The second-order valence-corrected chi connectivity index (χ2v) is 8.77. The summed E-state index contributed by atoms with van der Waals surface area (Å²) < 4.78 is 65.4. The van der Waals surface area contributed by atoms with Gasteiger partial charge < -0.3 is 10.3 Å². The zero-order chi connectivity index (χ0) is 20.1. The fourth-order valence-electron chi connectivity index (χ4n) is 2.48. The van der Waals surface area contributed by atoms with Gasteiger partial charge in [0, 0.05) is 13.2 Å². The Kier molecular flexibility index (Phi) is 4.67. The third kappa shape index (κ3) is 3.38. The number of imidazole rings is 1. The van der Waals surface area contributed by atoms with Crippen LogP contribution in [0, 0.1) is 0 Å². The van der Waals surface area contributed by atoms with Crippen LogP contribution in [0.25, 0.3) is 22.7 Å². The summed E-state index contributed by atoms with van der Waals surface area (Å²) in [5.41, 5.74) is 4.90. The molecule has 0 bridgehead atoms. The topological polar surface area (TPSA) is 104 Å². The van der Waals surface area contributed by atoms with Gasteiger partial charge in [0.25, 0.3) is 0 Å². The number of anilines is 1. The quantitative estimate of drug-likeness (QED) is 0.639. The zero-order valence-corrected chi connectivity index (χ0v) is 16.4. The summed E-state index contributed by atoms with van der Waals surface area (Å²) >= 11 is 3.14. The summed E-state index contributed by atoms with van der Waals surface area (Å²) in [5.74, 6) is -0.127. The SMILES string of the molecule is CCS(=O)(=O)c1cc(Br)c(N)nc1-c1nc2cc(C(F)(F)F)cnc2n1C. The van der Waals surface area contributed by atoms with Gasteiger partial charge in [0.05, 0.1) is 20.7 Å². The predicted octanol–water partition coefficient (Wildman–Crippen LogP) is 3.19. The Bertz CT molecular complexity index is 1160. The molecule has 3 aromatic rings. The molecule has 0 amide bonds. The highest BCUT2D eigenvalue weighted by Crippen LogP contribution is 2.34. The number of aromatic nitrogens is 4. The molecule has 2 N–H and O–H groups in total. The Hall–Kier alpha value is -2.21. The second kappa shape index (κ2) is 6.44. The van der Waals surface area contributed by atoms with E-state index in [4.69, 9.17) is 5.73 Å². The van der Waals surface area contributed by atoms with E-state index in [0.717, 1.165) is 6.07 Å². The zero-order valence-electron chi connectivity index (χ0n) is 14.0. The lowest BCUT2D eigenvalue weighted by molar-refractivity contribution is -0.137. The first-order valence-corrected chi connectivity index (χ1v) is 9.99. The van der Waals surface area contributed by atoms with E-state index in [-0.39, 0.29) is 43.6 Å². The van der Waals surface area contributed by atoms with Gasteiger partial charge in [-0.25, -0.2) is 23.4 Å². The molecule has 0 fully saturated rings. The van der Waals surface area contributed by atoms with Gasteiger partial charge in [-0.15, -0.1) is 0 Å². The first-order chi connectivity index (χ1) is 12.5. The molecule has 0 aliphatic carbocycles. The molecule has 0 radical (unpaired) electrons. The van der Waals surface area contributed by atoms with Crippen LogP contribution in [0.1, 0.15) is 12.5 Å². The first kappa shape index (κ1) is 19.5. The largest absolute Gasteiger partial charge is 0.417 e. The second-order valence-electron chi connectivity index (χ2n) is 5.66. The summed E-state index contributed by atoms with van der Waals surface area (Å²) in [4.78, 5) is 11.9. The van der Waals surface area contributed by atoms with Gasteiger partial charge in [-0.3, -0.25) is 0 Å². The van der Waals surface area contributed by atoms with E-state index in [1.807, 2.05) is 0 Å². The van der Waals surface area contributed by atoms with Crippen molar-refractivity contribution < 1.29 is 21.6 Å². The molecule has 0 aromatic carbocycles. The first-order valence-electron chi connectivity index (χ1n) is 7.54. The van der Waals surface area contributed by atoms with Gasteiger partial charge in [-0.05, 0) is 28.1 Å². The molecule has 0 saturated carbocycles. The van der Waals surface area contributed by atoms with Gasteiger partial charge >= 0.3 is 6.18 Å². The number of hydrogen-bond donors (Lipinski definition) is 1. The van der Waals surface area contributed by atoms with E-state index in [1.54, 1.807) is 0 Å². The predicted molar refractivity (Wildman–Crippen MR) is 96.6 cm³/mol. The molecule has 0 saturated heterocycles. The van der Waals surface area contributed by atoms with Crippen LogP contribution in [-0.2, 0) is 23.1 Å². The number of halogens is 4. The minimum atomic E-state index is -4.57. The smallest absolute Gasteiger partial charge is 0.383 e. The van der Waals surface area contributed by atoms with Crippen molar-refractivity contribution in [2.75, 3.05) is 11.5 Å². The van der Waals surface area contributed by atoms with E-state index >= 15 is 0 Å². The summed E-state index contributed by atoms with van der Waals surface area (Å²) in [6, 6.07) is 2.16. The summed E-state index contributed by atoms with van der Waals surface area (Å²) in [5, 5.41) is 0. The lowest BCUT2D eigenvalue weighted by Gasteiger charge is -2.10. The molecule has 3 rings (SSSR count). The number of pyridine rings is 2. The summed E-state index contributed by atoms with van der Waals surface area (Å²) in [7, 11) is -2.20. The van der Waals surface area contributed by atoms with Crippen LogP contribution in [-0.4, -0.2) is 33.7 Å². The van der Waals surface area contributed by atoms with E-state index in [0.29, 0.717) is 6.20 Å². The van der Waals surface area contributed by atoms with Gasteiger partial charge in [0.15, 0.2) is 21.3 Å². The molecule has 0 spiro atoms. The molecule has 3 heterocycles. The van der Waals surface area contributed by atoms with Crippen molar-refractivity contribution in [3.63, 3.8) is 0 Å². The number of aryl methyl sites for hydroxylation is 1. The van der Waals surface area contributed by atoms with Crippen LogP contribution >= 0.6 is 15.9 Å². The number of nitrogens with zero attached hydrogens (tertiary/aromatic N) is 4. The fourth-order valence-corrected chi connectivity index (χ4v) is 3.99. The van der Waals surface area contributed by atoms with Crippen LogP contribution < -0.4 is 5.73 Å². The Labute approximate surface area is 160 Å². The van der Waals surface area contributed by atoms with Crippen molar-refractivity contribution >= 4 is 42.7 Å². The van der Waals surface area contributed by atoms with E-state index in [1.165, 1.54) is 24.6 Å². The van der Waals surface area contributed by atoms with Gasteiger partial charge in [-0.2, -0.15) is 13.2 Å². The number of hydrogen-bond acceptors (Lipinski definition) is 6. The lowest BCUT2D eigenvalue weighted by atomic mass is 10.2. The Balaban J connectivity index is 2.33. The molecule has 0 aliphatic rings. The Morgan fingerprint density at radius 2 is 1.93 bits per heavy atom. The Morgan fingerprint density at radius 3 is 2.52 bits per heavy atom. The highest BCUT2D eigenvalue weighted by Gasteiger charge is 2.32. The highest BCUT2D eigenvalue weighted by molar-refractivity contribution is 9.10. The monoisotopic (exact) mass is 463 g/mol. The highest BCUT2D eigenvalue weighted by atomic mass is 79.9. The maximum atomic E-state index is 12.9. The molecule has 7 nitrogen and oxygen atoms in total. The van der Waals surface area contributed by atoms with E-state index < -0.39 is 21.6 Å². The standard InChI is InChI=1S/C15H13BrF3N5O2S/c1-3-27(25,26)10-5-8(16)12(20)23-11(10)14-22-9-4-7(15(17,18)19)6-21-13(9)24(14)2/h4-6H,3H2,1-2H3,(H2,20,23). The number of rotatable bonds is 3.